The van der Waals surface area contributed by atoms with E-state index in [9.17, 15) is 4.79 Å². The molecule has 6 nitrogen and oxygen atoms in total. The van der Waals surface area contributed by atoms with Gasteiger partial charge in [0, 0.05) is 6.54 Å². The van der Waals surface area contributed by atoms with Crippen molar-refractivity contribution in [1.29, 1.82) is 0 Å². The molecule has 0 saturated carbocycles. The third kappa shape index (κ3) is 2.26. The van der Waals surface area contributed by atoms with E-state index in [2.05, 4.69) is 10.2 Å². The van der Waals surface area contributed by atoms with Crippen molar-refractivity contribution in [3.05, 3.63) is 11.4 Å². The molecule has 0 unspecified atom stereocenters. The molecule has 1 aliphatic heterocycles. The van der Waals surface area contributed by atoms with E-state index in [1.54, 1.807) is 0 Å². The minimum atomic E-state index is -0.259. The molecule has 0 aromatic carbocycles. The predicted octanol–water partition coefficient (Wildman–Crippen LogP) is 1.28. The molecule has 0 atom stereocenters. The third-order valence-electron chi connectivity index (χ3n) is 2.84. The number of aromatic nitrogens is 2. The van der Waals surface area contributed by atoms with E-state index in [1.807, 2.05) is 13.8 Å². The summed E-state index contributed by atoms with van der Waals surface area (Å²) in [7, 11) is 0. The maximum Gasteiger partial charge on any atom is 0.300 e. The van der Waals surface area contributed by atoms with Crippen LogP contribution in [0.4, 0.5) is 5.69 Å². The molecule has 0 aliphatic carbocycles. The lowest BCUT2D eigenvalue weighted by atomic mass is 10.1. The molecule has 1 amide bonds. The summed E-state index contributed by atoms with van der Waals surface area (Å²) in [5, 5.41) is 8.15. The first kappa shape index (κ1) is 11.9. The Labute approximate surface area is 100 Å². The highest BCUT2D eigenvalue weighted by atomic mass is 16.7. The van der Waals surface area contributed by atoms with Crippen molar-refractivity contribution in [2.45, 2.75) is 32.6 Å². The van der Waals surface area contributed by atoms with Crippen LogP contribution in [0.25, 0.3) is 0 Å². The van der Waals surface area contributed by atoms with E-state index in [1.165, 1.54) is 5.06 Å². The van der Waals surface area contributed by atoms with Gasteiger partial charge in [-0.2, -0.15) is 5.10 Å². The summed E-state index contributed by atoms with van der Waals surface area (Å²) in [5.41, 5.74) is 7.40. The lowest BCUT2D eigenvalue weighted by molar-refractivity contribution is -0.144. The van der Waals surface area contributed by atoms with Gasteiger partial charge in [0.05, 0.1) is 18.0 Å². The number of hydrogen-bond donors (Lipinski definition) is 2. The Balaban J connectivity index is 2.19. The van der Waals surface area contributed by atoms with Crippen molar-refractivity contribution in [2.75, 3.05) is 18.9 Å². The zero-order valence-electron chi connectivity index (χ0n) is 10.2. The molecule has 6 heteroatoms. The Kier molecular flexibility index (Phi) is 3.33. The van der Waals surface area contributed by atoms with Crippen molar-refractivity contribution in [2.24, 2.45) is 0 Å². The van der Waals surface area contributed by atoms with Gasteiger partial charge in [0.15, 0.2) is 5.69 Å². The molecule has 17 heavy (non-hydrogen) atoms. The van der Waals surface area contributed by atoms with Crippen LogP contribution in [0.1, 0.15) is 48.8 Å². The zero-order valence-corrected chi connectivity index (χ0v) is 10.2. The van der Waals surface area contributed by atoms with Crippen LogP contribution >= 0.6 is 0 Å². The lowest BCUT2D eigenvalue weighted by Gasteiger charge is -2.25. The summed E-state index contributed by atoms with van der Waals surface area (Å²) in [4.78, 5) is 17.4. The molecule has 1 aliphatic rings. The summed E-state index contributed by atoms with van der Waals surface area (Å²) >= 11 is 0. The maximum atomic E-state index is 12.1. The topological polar surface area (TPSA) is 84.2 Å². The summed E-state index contributed by atoms with van der Waals surface area (Å²) in [6, 6.07) is 0. The molecular weight excluding hydrogens is 220 g/mol. The largest absolute Gasteiger partial charge is 0.395 e. The summed E-state index contributed by atoms with van der Waals surface area (Å²) in [6.45, 7) is 5.17. The van der Waals surface area contributed by atoms with E-state index in [0.29, 0.717) is 18.8 Å². The highest BCUT2D eigenvalue weighted by Gasteiger charge is 2.25. The van der Waals surface area contributed by atoms with Crippen LogP contribution in [0.3, 0.4) is 0 Å². The first-order chi connectivity index (χ1) is 8.11. The number of nitrogen functional groups attached to an aromatic ring is 1. The van der Waals surface area contributed by atoms with E-state index < -0.39 is 0 Å². The van der Waals surface area contributed by atoms with Gasteiger partial charge in [-0.1, -0.05) is 13.8 Å². The molecule has 3 N–H and O–H groups in total. The van der Waals surface area contributed by atoms with Gasteiger partial charge in [-0.15, -0.1) is 0 Å². The Hall–Kier alpha value is -1.56. The fourth-order valence-electron chi connectivity index (χ4n) is 1.84. The van der Waals surface area contributed by atoms with E-state index in [-0.39, 0.29) is 17.5 Å². The summed E-state index contributed by atoms with van der Waals surface area (Å²) in [5.74, 6) is -0.0447. The molecule has 1 saturated heterocycles. The molecule has 1 fully saturated rings. The Morgan fingerprint density at radius 3 is 2.82 bits per heavy atom. The van der Waals surface area contributed by atoms with Crippen LogP contribution in [-0.4, -0.2) is 34.3 Å². The molecule has 2 heterocycles. The highest BCUT2D eigenvalue weighted by molar-refractivity contribution is 5.97. The minimum Gasteiger partial charge on any atom is -0.395 e. The number of carbonyl (C=O) groups excluding carboxylic acids is 1. The Morgan fingerprint density at radius 1 is 1.53 bits per heavy atom. The summed E-state index contributed by atoms with van der Waals surface area (Å²) in [6.07, 6.45) is 1.93. The lowest BCUT2D eigenvalue weighted by Crippen LogP contribution is -2.36. The third-order valence-corrected chi connectivity index (χ3v) is 2.84. The molecule has 1 aromatic rings. The molecule has 2 rings (SSSR count). The Bertz CT molecular complexity index is 408. The first-order valence-corrected chi connectivity index (χ1v) is 5.89. The van der Waals surface area contributed by atoms with Crippen LogP contribution in [0.2, 0.25) is 0 Å². The number of nitrogens with zero attached hydrogens (tertiary/aromatic N) is 2. The zero-order chi connectivity index (χ0) is 12.4. The molecule has 94 valence electrons. The fraction of sp³-hybridized carbons (Fsp3) is 0.636. The van der Waals surface area contributed by atoms with Gasteiger partial charge in [0.2, 0.25) is 0 Å². The average Bonchev–Trinajstić information content (AvgIpc) is 2.71. The van der Waals surface area contributed by atoms with Crippen molar-refractivity contribution in [3.8, 4) is 0 Å². The van der Waals surface area contributed by atoms with Crippen molar-refractivity contribution >= 4 is 11.6 Å². The minimum absolute atomic E-state index is 0.214. The number of anilines is 1. The van der Waals surface area contributed by atoms with Crippen LogP contribution in [0.5, 0.6) is 0 Å². The van der Waals surface area contributed by atoms with Crippen molar-refractivity contribution in [3.63, 3.8) is 0 Å². The molecule has 0 bridgehead atoms. The highest BCUT2D eigenvalue weighted by Crippen LogP contribution is 2.23. The van der Waals surface area contributed by atoms with Gasteiger partial charge >= 0.3 is 0 Å². The maximum absolute atomic E-state index is 12.1. The van der Waals surface area contributed by atoms with Crippen LogP contribution < -0.4 is 5.73 Å². The van der Waals surface area contributed by atoms with Gasteiger partial charge in [-0.05, 0) is 18.8 Å². The molecular formula is C11H18N4O2. The smallest absolute Gasteiger partial charge is 0.300 e. The van der Waals surface area contributed by atoms with Gasteiger partial charge in [0.25, 0.3) is 5.91 Å². The van der Waals surface area contributed by atoms with E-state index in [0.717, 1.165) is 18.5 Å². The second-order valence-electron chi connectivity index (χ2n) is 4.50. The van der Waals surface area contributed by atoms with Crippen molar-refractivity contribution < 1.29 is 9.63 Å². The number of amides is 1. The monoisotopic (exact) mass is 238 g/mol. The number of hydrogen-bond acceptors (Lipinski definition) is 4. The number of nitrogens with two attached hydrogens (primary N) is 1. The van der Waals surface area contributed by atoms with Crippen LogP contribution in [-0.2, 0) is 4.84 Å². The first-order valence-electron chi connectivity index (χ1n) is 5.89. The number of rotatable bonds is 2. The van der Waals surface area contributed by atoms with Crippen LogP contribution in [0, 0.1) is 0 Å². The number of carbonyl (C=O) groups is 1. The van der Waals surface area contributed by atoms with Gasteiger partial charge < -0.3 is 5.73 Å². The predicted molar refractivity (Wildman–Crippen MR) is 63.3 cm³/mol. The average molecular weight is 238 g/mol. The van der Waals surface area contributed by atoms with Crippen LogP contribution in [0.15, 0.2) is 0 Å². The van der Waals surface area contributed by atoms with Gasteiger partial charge in [0.1, 0.15) is 0 Å². The van der Waals surface area contributed by atoms with E-state index >= 15 is 0 Å². The van der Waals surface area contributed by atoms with Crippen molar-refractivity contribution in [1.82, 2.24) is 15.3 Å². The summed E-state index contributed by atoms with van der Waals surface area (Å²) < 4.78 is 0. The number of aromatic amines is 1. The molecule has 0 spiro atoms. The normalized spacial score (nSPS) is 16.5. The van der Waals surface area contributed by atoms with Gasteiger partial charge in [-0.3, -0.25) is 14.7 Å². The standard InChI is InChI=1S/C11H18N4O2/c1-7(2)9-8(12)10(14-13-9)11(16)15-5-3-4-6-17-15/h7H,3-6,12H2,1-2H3,(H,13,14). The van der Waals surface area contributed by atoms with Gasteiger partial charge in [-0.25, -0.2) is 5.06 Å². The SMILES string of the molecule is CC(C)c1[nH]nc(C(=O)N2CCCCO2)c1N. The number of nitrogens with one attached hydrogen (secondary N) is 1. The Morgan fingerprint density at radius 2 is 2.29 bits per heavy atom. The van der Waals surface area contributed by atoms with E-state index in [4.69, 9.17) is 10.6 Å². The quantitative estimate of drug-likeness (QED) is 0.813. The molecule has 1 aromatic heterocycles. The second kappa shape index (κ2) is 4.75. The second-order valence-corrected chi connectivity index (χ2v) is 4.50. The number of hydroxylamine groups is 2. The fourth-order valence-corrected chi connectivity index (χ4v) is 1.84. The molecule has 0 radical (unpaired) electrons. The number of H-pyrrole nitrogens is 1.